The fraction of sp³-hybridized carbons (Fsp3) is 0.500. The van der Waals surface area contributed by atoms with Gasteiger partial charge in [-0.05, 0) is 6.92 Å². The van der Waals surface area contributed by atoms with Crippen molar-refractivity contribution in [3.63, 3.8) is 0 Å². The Labute approximate surface area is 93.9 Å². The van der Waals surface area contributed by atoms with Crippen molar-refractivity contribution in [1.29, 1.82) is 0 Å². The molecule has 1 atom stereocenters. The fourth-order valence-electron chi connectivity index (χ4n) is 1.22. The van der Waals surface area contributed by atoms with Crippen molar-refractivity contribution >= 4 is 11.8 Å². The van der Waals surface area contributed by atoms with Gasteiger partial charge in [0.25, 0.3) is 0 Å². The van der Waals surface area contributed by atoms with E-state index >= 15 is 0 Å². The number of rotatable bonds is 4. The average molecular weight is 225 g/mol. The third kappa shape index (κ3) is 3.16. The number of aliphatic hydroxyl groups excluding tert-OH is 1. The lowest BCUT2D eigenvalue weighted by Gasteiger charge is -2.19. The minimum atomic E-state index is -0.516. The first-order valence-electron chi connectivity index (χ1n) is 4.84. The Kier molecular flexibility index (Phi) is 4.19. The molecular weight excluding hydrogens is 210 g/mol. The number of carbonyl (C=O) groups excluding carboxylic acids is 1. The van der Waals surface area contributed by atoms with E-state index in [0.29, 0.717) is 12.4 Å². The van der Waals surface area contributed by atoms with Gasteiger partial charge in [-0.1, -0.05) is 0 Å². The zero-order valence-electron chi connectivity index (χ0n) is 9.54. The molecule has 0 aliphatic heterocycles. The number of hydrogen-bond donors (Lipinski definition) is 1. The molecule has 1 N–H and O–H groups in total. The van der Waals surface area contributed by atoms with E-state index < -0.39 is 12.1 Å². The molecule has 88 valence electrons. The number of likely N-dealkylation sites (N-methyl/N-ethyl adjacent to an activating group) is 1. The number of carbonyl (C=O) groups is 1. The van der Waals surface area contributed by atoms with Crippen molar-refractivity contribution in [2.75, 3.05) is 25.6 Å². The molecule has 0 aliphatic carbocycles. The molecule has 0 fully saturated rings. The molecule has 0 saturated heterocycles. The van der Waals surface area contributed by atoms with E-state index in [-0.39, 0.29) is 5.69 Å². The van der Waals surface area contributed by atoms with Crippen LogP contribution in [0.5, 0.6) is 0 Å². The molecule has 6 nitrogen and oxygen atoms in total. The summed E-state index contributed by atoms with van der Waals surface area (Å²) in [4.78, 5) is 20.8. The van der Waals surface area contributed by atoms with E-state index in [1.54, 1.807) is 18.9 Å². The molecule has 16 heavy (non-hydrogen) atoms. The van der Waals surface area contributed by atoms with Crippen LogP contribution in [0.1, 0.15) is 17.4 Å². The fourth-order valence-corrected chi connectivity index (χ4v) is 1.22. The van der Waals surface area contributed by atoms with Gasteiger partial charge in [0.2, 0.25) is 0 Å². The summed E-state index contributed by atoms with van der Waals surface area (Å²) >= 11 is 0. The van der Waals surface area contributed by atoms with Crippen molar-refractivity contribution in [3.8, 4) is 0 Å². The van der Waals surface area contributed by atoms with Gasteiger partial charge in [-0.25, -0.2) is 14.8 Å². The van der Waals surface area contributed by atoms with Crippen LogP contribution in [-0.2, 0) is 4.74 Å². The standard InChI is InChI=1S/C10H15N3O3/c1-7(14)6-13(2)9-5-11-8(4-12-9)10(15)16-3/h4-5,7,14H,6H2,1-3H3. The summed E-state index contributed by atoms with van der Waals surface area (Å²) < 4.78 is 4.51. The molecule has 0 aromatic carbocycles. The van der Waals surface area contributed by atoms with Crippen molar-refractivity contribution in [2.24, 2.45) is 0 Å². The van der Waals surface area contributed by atoms with Crippen molar-refractivity contribution in [1.82, 2.24) is 9.97 Å². The van der Waals surface area contributed by atoms with Crippen molar-refractivity contribution in [2.45, 2.75) is 13.0 Å². The van der Waals surface area contributed by atoms with Crippen LogP contribution < -0.4 is 4.90 Å². The third-order valence-corrected chi connectivity index (χ3v) is 1.96. The van der Waals surface area contributed by atoms with E-state index in [1.165, 1.54) is 19.5 Å². The Morgan fingerprint density at radius 2 is 2.25 bits per heavy atom. The molecule has 0 amide bonds. The molecular formula is C10H15N3O3. The maximum Gasteiger partial charge on any atom is 0.358 e. The summed E-state index contributed by atoms with van der Waals surface area (Å²) in [6.07, 6.45) is 2.36. The van der Waals surface area contributed by atoms with Crippen LogP contribution in [0, 0.1) is 0 Å². The van der Waals surface area contributed by atoms with Gasteiger partial charge in [0.1, 0.15) is 5.82 Å². The Balaban J connectivity index is 2.74. The summed E-state index contributed by atoms with van der Waals surface area (Å²) in [5, 5.41) is 9.20. The van der Waals surface area contributed by atoms with E-state index in [2.05, 4.69) is 14.7 Å². The first-order chi connectivity index (χ1) is 7.54. The molecule has 0 aliphatic rings. The molecule has 1 aromatic rings. The highest BCUT2D eigenvalue weighted by Crippen LogP contribution is 2.07. The first kappa shape index (κ1) is 12.4. The van der Waals surface area contributed by atoms with Gasteiger partial charge in [-0.2, -0.15) is 0 Å². The minimum absolute atomic E-state index is 0.164. The lowest BCUT2D eigenvalue weighted by Crippen LogP contribution is -2.27. The van der Waals surface area contributed by atoms with Crippen LogP contribution in [0.25, 0.3) is 0 Å². The SMILES string of the molecule is COC(=O)c1cnc(N(C)CC(C)O)cn1. The monoisotopic (exact) mass is 225 g/mol. The van der Waals surface area contributed by atoms with Gasteiger partial charge in [-0.3, -0.25) is 0 Å². The predicted octanol–water partition coefficient (Wildman–Crippen LogP) is 0.0802. The minimum Gasteiger partial charge on any atom is -0.464 e. The second-order valence-electron chi connectivity index (χ2n) is 3.48. The number of aliphatic hydroxyl groups is 1. The van der Waals surface area contributed by atoms with Gasteiger partial charge in [0, 0.05) is 13.6 Å². The number of methoxy groups -OCH3 is 1. The molecule has 1 rings (SSSR count). The highest BCUT2D eigenvalue weighted by molar-refractivity contribution is 5.86. The van der Waals surface area contributed by atoms with Gasteiger partial charge < -0.3 is 14.7 Å². The van der Waals surface area contributed by atoms with Crippen LogP contribution in [0.3, 0.4) is 0 Å². The predicted molar refractivity (Wildman–Crippen MR) is 58.3 cm³/mol. The molecule has 1 heterocycles. The lowest BCUT2D eigenvalue weighted by atomic mass is 10.4. The second-order valence-corrected chi connectivity index (χ2v) is 3.48. The highest BCUT2D eigenvalue weighted by Gasteiger charge is 2.10. The zero-order chi connectivity index (χ0) is 12.1. The topological polar surface area (TPSA) is 75.5 Å². The lowest BCUT2D eigenvalue weighted by molar-refractivity contribution is 0.0593. The Morgan fingerprint density at radius 1 is 1.56 bits per heavy atom. The van der Waals surface area contributed by atoms with Crippen molar-refractivity contribution < 1.29 is 14.6 Å². The van der Waals surface area contributed by atoms with Crippen LogP contribution in [0.15, 0.2) is 12.4 Å². The molecule has 1 aromatic heterocycles. The van der Waals surface area contributed by atoms with Crippen molar-refractivity contribution in [3.05, 3.63) is 18.1 Å². The third-order valence-electron chi connectivity index (χ3n) is 1.96. The van der Waals surface area contributed by atoms with E-state index in [1.807, 2.05) is 0 Å². The second kappa shape index (κ2) is 5.41. The van der Waals surface area contributed by atoms with E-state index in [0.717, 1.165) is 0 Å². The van der Waals surface area contributed by atoms with Gasteiger partial charge in [0.15, 0.2) is 5.69 Å². The largest absolute Gasteiger partial charge is 0.464 e. The molecule has 0 bridgehead atoms. The van der Waals surface area contributed by atoms with Gasteiger partial charge in [-0.15, -0.1) is 0 Å². The number of esters is 1. The van der Waals surface area contributed by atoms with Crippen LogP contribution in [-0.4, -0.2) is 47.8 Å². The molecule has 0 saturated carbocycles. The highest BCUT2D eigenvalue weighted by atomic mass is 16.5. The maximum absolute atomic E-state index is 11.1. The maximum atomic E-state index is 11.1. The zero-order valence-corrected chi connectivity index (χ0v) is 9.54. The van der Waals surface area contributed by atoms with E-state index in [9.17, 15) is 9.90 Å². The number of anilines is 1. The number of aromatic nitrogens is 2. The number of nitrogens with zero attached hydrogens (tertiary/aromatic N) is 3. The molecule has 1 unspecified atom stereocenters. The summed E-state index contributed by atoms with van der Waals surface area (Å²) in [6.45, 7) is 2.14. The van der Waals surface area contributed by atoms with Gasteiger partial charge in [0.05, 0.1) is 25.6 Å². The normalized spacial score (nSPS) is 12.0. The summed E-state index contributed by atoms with van der Waals surface area (Å²) in [7, 11) is 3.08. The Bertz CT molecular complexity index is 351. The van der Waals surface area contributed by atoms with Crippen LogP contribution in [0.4, 0.5) is 5.82 Å². The summed E-state index contributed by atoms with van der Waals surface area (Å²) in [5.74, 6) is 0.0748. The quantitative estimate of drug-likeness (QED) is 0.731. The van der Waals surface area contributed by atoms with Crippen LogP contribution in [0.2, 0.25) is 0 Å². The summed E-state index contributed by atoms with van der Waals surface area (Å²) in [6, 6.07) is 0. The molecule has 0 radical (unpaired) electrons. The average Bonchev–Trinajstić information content (AvgIpc) is 2.27. The van der Waals surface area contributed by atoms with Gasteiger partial charge >= 0.3 is 5.97 Å². The molecule has 6 heteroatoms. The number of ether oxygens (including phenoxy) is 1. The first-order valence-corrected chi connectivity index (χ1v) is 4.84. The Hall–Kier alpha value is -1.69. The summed E-state index contributed by atoms with van der Waals surface area (Å²) in [5.41, 5.74) is 0.164. The number of hydrogen-bond acceptors (Lipinski definition) is 6. The Morgan fingerprint density at radius 3 is 2.69 bits per heavy atom. The van der Waals surface area contributed by atoms with E-state index in [4.69, 9.17) is 0 Å². The smallest absolute Gasteiger partial charge is 0.358 e. The molecule has 0 spiro atoms. The van der Waals surface area contributed by atoms with Crippen LogP contribution >= 0.6 is 0 Å².